The van der Waals surface area contributed by atoms with Crippen molar-refractivity contribution in [1.82, 2.24) is 15.5 Å². The number of terminal acetylenes is 1. The summed E-state index contributed by atoms with van der Waals surface area (Å²) >= 11 is 0. The highest BCUT2D eigenvalue weighted by atomic mass is 16.6. The lowest BCUT2D eigenvalue weighted by molar-refractivity contribution is -0.147. The Labute approximate surface area is 195 Å². The van der Waals surface area contributed by atoms with Gasteiger partial charge in [0.2, 0.25) is 11.8 Å². The van der Waals surface area contributed by atoms with Gasteiger partial charge in [-0.25, -0.2) is 4.79 Å². The van der Waals surface area contributed by atoms with Crippen LogP contribution in [0.4, 0.5) is 4.79 Å². The van der Waals surface area contributed by atoms with Crippen LogP contribution < -0.4 is 10.6 Å². The molecule has 1 atom stereocenters. The number of hydrogen-bond donors (Lipinski definition) is 2. The normalized spacial score (nSPS) is 12.1. The second kappa shape index (κ2) is 11.4. The Morgan fingerprint density at radius 2 is 1.64 bits per heavy atom. The molecule has 0 saturated heterocycles. The van der Waals surface area contributed by atoms with E-state index in [0.29, 0.717) is 11.1 Å². The Morgan fingerprint density at radius 1 is 1.03 bits per heavy atom. The molecule has 0 aliphatic carbocycles. The zero-order valence-electron chi connectivity index (χ0n) is 20.3. The molecule has 0 spiro atoms. The molecule has 0 aromatic heterocycles. The predicted octanol–water partition coefficient (Wildman–Crippen LogP) is 2.15. The fraction of sp³-hybridized carbons (Fsp3) is 0.500. The van der Waals surface area contributed by atoms with E-state index in [-0.39, 0.29) is 6.54 Å². The van der Waals surface area contributed by atoms with Crippen molar-refractivity contribution in [3.05, 3.63) is 35.4 Å². The highest BCUT2D eigenvalue weighted by Gasteiger charge is 2.39. The molecule has 0 bridgehead atoms. The molecule has 1 unspecified atom stereocenters. The van der Waals surface area contributed by atoms with E-state index in [1.807, 2.05) is 0 Å². The molecule has 1 aromatic rings. The summed E-state index contributed by atoms with van der Waals surface area (Å²) < 4.78 is 9.76. The maximum Gasteiger partial charge on any atom is 0.408 e. The first-order chi connectivity index (χ1) is 15.2. The smallest absolute Gasteiger partial charge is 0.408 e. The van der Waals surface area contributed by atoms with Crippen LogP contribution >= 0.6 is 0 Å². The topological polar surface area (TPSA) is 114 Å². The third kappa shape index (κ3) is 8.48. The summed E-state index contributed by atoms with van der Waals surface area (Å²) in [6.07, 6.45) is 4.88. The number of nitrogens with one attached hydrogen (secondary N) is 2. The van der Waals surface area contributed by atoms with Gasteiger partial charge in [-0.05, 0) is 53.2 Å². The Morgan fingerprint density at radius 3 is 2.15 bits per heavy atom. The van der Waals surface area contributed by atoms with Gasteiger partial charge in [0.05, 0.1) is 7.11 Å². The van der Waals surface area contributed by atoms with Crippen LogP contribution in [0.2, 0.25) is 0 Å². The molecule has 0 aliphatic rings. The molecule has 0 fully saturated rings. The van der Waals surface area contributed by atoms with Crippen molar-refractivity contribution < 1.29 is 28.7 Å². The van der Waals surface area contributed by atoms with Gasteiger partial charge in [0.15, 0.2) is 0 Å². The number of ether oxygens (including phenoxy) is 2. The molecule has 0 saturated carbocycles. The van der Waals surface area contributed by atoms with Gasteiger partial charge in [0.25, 0.3) is 0 Å². The fourth-order valence-electron chi connectivity index (χ4n) is 3.05. The molecule has 1 aromatic carbocycles. The van der Waals surface area contributed by atoms with Crippen LogP contribution in [-0.4, -0.2) is 60.1 Å². The van der Waals surface area contributed by atoms with E-state index in [2.05, 4.69) is 21.3 Å². The fourth-order valence-corrected chi connectivity index (χ4v) is 3.05. The third-order valence-electron chi connectivity index (χ3n) is 4.33. The lowest BCUT2D eigenvalue weighted by Crippen LogP contribution is -2.55. The van der Waals surface area contributed by atoms with E-state index in [9.17, 15) is 19.2 Å². The SMILES string of the molecule is C#Cc1ccccc1C(C(=O)NCC(=O)OC)N(C(=O)CNC(=O)OC(C)(C)C)C(C)(C)C. The highest BCUT2D eigenvalue weighted by molar-refractivity contribution is 5.92. The summed E-state index contributed by atoms with van der Waals surface area (Å²) in [5.41, 5.74) is -0.776. The number of nitrogens with zero attached hydrogens (tertiary/aromatic N) is 1. The van der Waals surface area contributed by atoms with Crippen molar-refractivity contribution in [1.29, 1.82) is 0 Å². The van der Waals surface area contributed by atoms with E-state index in [0.717, 1.165) is 0 Å². The second-order valence-electron chi connectivity index (χ2n) is 9.22. The van der Waals surface area contributed by atoms with Gasteiger partial charge in [0.1, 0.15) is 24.7 Å². The third-order valence-corrected chi connectivity index (χ3v) is 4.33. The van der Waals surface area contributed by atoms with Crippen LogP contribution in [0.5, 0.6) is 0 Å². The summed E-state index contributed by atoms with van der Waals surface area (Å²) in [5, 5.41) is 4.92. The van der Waals surface area contributed by atoms with E-state index >= 15 is 0 Å². The van der Waals surface area contributed by atoms with Crippen molar-refractivity contribution in [2.75, 3.05) is 20.2 Å². The monoisotopic (exact) mass is 459 g/mol. The average Bonchev–Trinajstić information content (AvgIpc) is 2.71. The number of benzene rings is 1. The van der Waals surface area contributed by atoms with E-state index < -0.39 is 47.6 Å². The quantitative estimate of drug-likeness (QED) is 0.477. The summed E-state index contributed by atoms with van der Waals surface area (Å²) in [5.74, 6) is 0.718. The van der Waals surface area contributed by atoms with Crippen molar-refractivity contribution in [2.24, 2.45) is 0 Å². The molecule has 0 aliphatic heterocycles. The number of alkyl carbamates (subject to hydrolysis) is 1. The summed E-state index contributed by atoms with van der Waals surface area (Å²) in [7, 11) is 1.20. The van der Waals surface area contributed by atoms with Crippen molar-refractivity contribution in [2.45, 2.75) is 58.7 Å². The predicted molar refractivity (Wildman–Crippen MR) is 123 cm³/mol. The zero-order chi connectivity index (χ0) is 25.4. The Kier molecular flexibility index (Phi) is 9.47. The minimum absolute atomic E-state index is 0.383. The standard InChI is InChI=1S/C24H33N3O6/c1-9-16-12-10-11-13-17(16)20(21(30)25-15-19(29)32-8)27(23(2,3)4)18(28)14-26-22(31)33-24(5,6)7/h1,10-13,20H,14-15H2,2-8H3,(H,25,30)(H,26,31). The lowest BCUT2D eigenvalue weighted by atomic mass is 9.93. The zero-order valence-corrected chi connectivity index (χ0v) is 20.3. The van der Waals surface area contributed by atoms with Crippen LogP contribution in [0.25, 0.3) is 0 Å². The molecule has 180 valence electrons. The van der Waals surface area contributed by atoms with Crippen LogP contribution in [0.15, 0.2) is 24.3 Å². The number of esters is 1. The molecule has 2 N–H and O–H groups in total. The highest BCUT2D eigenvalue weighted by Crippen LogP contribution is 2.31. The maximum atomic E-state index is 13.3. The van der Waals surface area contributed by atoms with Gasteiger partial charge in [-0.1, -0.05) is 24.1 Å². The molecular weight excluding hydrogens is 426 g/mol. The molecule has 9 heteroatoms. The van der Waals surface area contributed by atoms with E-state index in [1.54, 1.807) is 65.8 Å². The number of amides is 3. The van der Waals surface area contributed by atoms with Gasteiger partial charge in [-0.2, -0.15) is 0 Å². The summed E-state index contributed by atoms with van der Waals surface area (Å²) in [4.78, 5) is 51.5. The molecule has 3 amide bonds. The van der Waals surface area contributed by atoms with Gasteiger partial charge in [-0.15, -0.1) is 6.42 Å². The summed E-state index contributed by atoms with van der Waals surface area (Å²) in [6, 6.07) is 5.54. The number of hydrogen-bond acceptors (Lipinski definition) is 6. The Bertz CT molecular complexity index is 921. The van der Waals surface area contributed by atoms with Crippen molar-refractivity contribution in [3.8, 4) is 12.3 Å². The minimum Gasteiger partial charge on any atom is -0.468 e. The Balaban J connectivity index is 3.36. The minimum atomic E-state index is -1.17. The van der Waals surface area contributed by atoms with Gasteiger partial charge < -0.3 is 25.0 Å². The molecule has 0 radical (unpaired) electrons. The molecule has 33 heavy (non-hydrogen) atoms. The summed E-state index contributed by atoms with van der Waals surface area (Å²) in [6.45, 7) is 9.56. The van der Waals surface area contributed by atoms with Crippen LogP contribution in [0.1, 0.15) is 58.7 Å². The van der Waals surface area contributed by atoms with Crippen LogP contribution in [-0.2, 0) is 23.9 Å². The number of rotatable bonds is 7. The molecular formula is C24H33N3O6. The molecule has 9 nitrogen and oxygen atoms in total. The largest absolute Gasteiger partial charge is 0.468 e. The number of carbonyl (C=O) groups excluding carboxylic acids is 4. The van der Waals surface area contributed by atoms with Gasteiger partial charge in [0, 0.05) is 11.1 Å². The van der Waals surface area contributed by atoms with Crippen molar-refractivity contribution in [3.63, 3.8) is 0 Å². The van der Waals surface area contributed by atoms with Crippen LogP contribution in [0, 0.1) is 12.3 Å². The van der Waals surface area contributed by atoms with Gasteiger partial charge in [-0.3, -0.25) is 14.4 Å². The lowest BCUT2D eigenvalue weighted by Gasteiger charge is -2.41. The van der Waals surface area contributed by atoms with Crippen molar-refractivity contribution >= 4 is 23.9 Å². The number of carbonyl (C=O) groups is 4. The van der Waals surface area contributed by atoms with Crippen LogP contribution in [0.3, 0.4) is 0 Å². The first kappa shape index (κ1) is 27.5. The Hall–Kier alpha value is -3.54. The molecule has 1 rings (SSSR count). The number of methoxy groups -OCH3 is 1. The average molecular weight is 460 g/mol. The van der Waals surface area contributed by atoms with E-state index in [4.69, 9.17) is 11.2 Å². The molecule has 0 heterocycles. The first-order valence-electron chi connectivity index (χ1n) is 10.4. The second-order valence-corrected chi connectivity index (χ2v) is 9.22. The first-order valence-corrected chi connectivity index (χ1v) is 10.4. The van der Waals surface area contributed by atoms with Gasteiger partial charge >= 0.3 is 12.1 Å². The van der Waals surface area contributed by atoms with E-state index in [1.165, 1.54) is 12.0 Å². The maximum absolute atomic E-state index is 13.3.